The molecule has 0 fully saturated rings. The van der Waals surface area contributed by atoms with E-state index in [1.807, 2.05) is 36.4 Å². The van der Waals surface area contributed by atoms with Gasteiger partial charge < -0.3 is 9.64 Å². The van der Waals surface area contributed by atoms with E-state index in [4.69, 9.17) is 16.1 Å². The molecule has 3 aromatic rings. The van der Waals surface area contributed by atoms with Gasteiger partial charge in [0, 0.05) is 17.7 Å². The minimum Gasteiger partial charge on any atom is -0.497 e. The molecule has 0 saturated carbocycles. The molecular weight excluding hydrogens is 324 g/mol. The van der Waals surface area contributed by atoms with Gasteiger partial charge in [-0.1, -0.05) is 24.1 Å². The summed E-state index contributed by atoms with van der Waals surface area (Å²) in [7, 11) is 5.75. The van der Waals surface area contributed by atoms with E-state index < -0.39 is 0 Å². The molecule has 2 aromatic carbocycles. The zero-order valence-electron chi connectivity index (χ0n) is 15.3. The van der Waals surface area contributed by atoms with Crippen LogP contribution in [0.5, 0.6) is 5.75 Å². The molecule has 0 N–H and O–H groups in total. The van der Waals surface area contributed by atoms with Crippen LogP contribution in [-0.2, 0) is 13.1 Å². The predicted octanol–water partition coefficient (Wildman–Crippen LogP) is 3.32. The van der Waals surface area contributed by atoms with Crippen LogP contribution in [0.3, 0.4) is 0 Å². The highest BCUT2D eigenvalue weighted by Gasteiger charge is 2.13. The zero-order chi connectivity index (χ0) is 18.5. The van der Waals surface area contributed by atoms with E-state index in [-0.39, 0.29) is 0 Å². The summed E-state index contributed by atoms with van der Waals surface area (Å²) in [5, 5.41) is 4.60. The Morgan fingerprint density at radius 1 is 1.12 bits per heavy atom. The Kier molecular flexibility index (Phi) is 5.35. The molecule has 1 aromatic heterocycles. The third-order valence-electron chi connectivity index (χ3n) is 3.94. The Morgan fingerprint density at radius 3 is 2.54 bits per heavy atom. The number of nitrogens with zero attached hydrogens (tertiary/aromatic N) is 4. The lowest BCUT2D eigenvalue weighted by Gasteiger charge is -2.10. The highest BCUT2D eigenvalue weighted by atomic mass is 16.5. The quantitative estimate of drug-likeness (QED) is 0.642. The Bertz CT molecular complexity index is 920. The van der Waals surface area contributed by atoms with E-state index in [1.165, 1.54) is 5.56 Å². The number of ether oxygens (including phenoxy) is 1. The van der Waals surface area contributed by atoms with Gasteiger partial charge in [0.2, 0.25) is 0 Å². The molecule has 0 radical (unpaired) electrons. The SMILES string of the molecule is C#CCn1nc(-c2ccc(OC)cc2)nc1-c1cccc(CN(C)C)c1. The molecule has 5 heteroatoms. The number of benzene rings is 2. The summed E-state index contributed by atoms with van der Waals surface area (Å²) < 4.78 is 6.98. The lowest BCUT2D eigenvalue weighted by atomic mass is 10.1. The summed E-state index contributed by atoms with van der Waals surface area (Å²) in [5.41, 5.74) is 3.15. The molecule has 0 aliphatic rings. The molecule has 0 unspecified atom stereocenters. The summed E-state index contributed by atoms with van der Waals surface area (Å²) in [6, 6.07) is 16.0. The van der Waals surface area contributed by atoms with Gasteiger partial charge in [-0.15, -0.1) is 11.5 Å². The number of aromatic nitrogens is 3. The molecule has 0 aliphatic heterocycles. The lowest BCUT2D eigenvalue weighted by Crippen LogP contribution is -2.10. The summed E-state index contributed by atoms with van der Waals surface area (Å²) in [5.74, 6) is 4.88. The third kappa shape index (κ3) is 3.93. The van der Waals surface area contributed by atoms with Gasteiger partial charge in [-0.05, 0) is 50.0 Å². The van der Waals surface area contributed by atoms with Crippen molar-refractivity contribution in [2.24, 2.45) is 0 Å². The van der Waals surface area contributed by atoms with Gasteiger partial charge in [-0.2, -0.15) is 0 Å². The Morgan fingerprint density at radius 2 is 1.88 bits per heavy atom. The summed E-state index contributed by atoms with van der Waals surface area (Å²) >= 11 is 0. The van der Waals surface area contributed by atoms with Crippen LogP contribution < -0.4 is 4.74 Å². The van der Waals surface area contributed by atoms with Crippen molar-refractivity contribution in [2.45, 2.75) is 13.1 Å². The molecule has 0 spiro atoms. The monoisotopic (exact) mass is 346 g/mol. The second kappa shape index (κ2) is 7.85. The van der Waals surface area contributed by atoms with Crippen LogP contribution in [0, 0.1) is 12.3 Å². The average molecular weight is 346 g/mol. The lowest BCUT2D eigenvalue weighted by molar-refractivity contribution is 0.402. The highest BCUT2D eigenvalue weighted by Crippen LogP contribution is 2.25. The summed E-state index contributed by atoms with van der Waals surface area (Å²) in [6.07, 6.45) is 5.53. The number of terminal acetylenes is 1. The van der Waals surface area contributed by atoms with Crippen molar-refractivity contribution in [3.63, 3.8) is 0 Å². The van der Waals surface area contributed by atoms with Gasteiger partial charge in [-0.3, -0.25) is 0 Å². The fourth-order valence-corrected chi connectivity index (χ4v) is 2.79. The Labute approximate surface area is 154 Å². The van der Waals surface area contributed by atoms with Crippen LogP contribution in [0.15, 0.2) is 48.5 Å². The van der Waals surface area contributed by atoms with E-state index >= 15 is 0 Å². The van der Waals surface area contributed by atoms with Crippen LogP contribution in [0.2, 0.25) is 0 Å². The molecule has 0 amide bonds. The molecule has 0 atom stereocenters. The van der Waals surface area contributed by atoms with Gasteiger partial charge in [-0.25, -0.2) is 9.67 Å². The maximum absolute atomic E-state index is 5.53. The topological polar surface area (TPSA) is 43.2 Å². The second-order valence-corrected chi connectivity index (χ2v) is 6.29. The van der Waals surface area contributed by atoms with Crippen molar-refractivity contribution in [3.05, 3.63) is 54.1 Å². The molecule has 0 aliphatic carbocycles. The van der Waals surface area contributed by atoms with Crippen LogP contribution in [0.4, 0.5) is 0 Å². The molecule has 0 saturated heterocycles. The predicted molar refractivity (Wildman–Crippen MR) is 104 cm³/mol. The van der Waals surface area contributed by atoms with Gasteiger partial charge in [0.25, 0.3) is 0 Å². The smallest absolute Gasteiger partial charge is 0.181 e. The highest BCUT2D eigenvalue weighted by molar-refractivity contribution is 5.63. The van der Waals surface area contributed by atoms with E-state index in [0.717, 1.165) is 29.2 Å². The van der Waals surface area contributed by atoms with E-state index in [2.05, 4.69) is 42.1 Å². The molecule has 3 rings (SSSR count). The van der Waals surface area contributed by atoms with E-state index in [1.54, 1.807) is 11.8 Å². The fraction of sp³-hybridized carbons (Fsp3) is 0.238. The number of hydrogen-bond donors (Lipinski definition) is 0. The third-order valence-corrected chi connectivity index (χ3v) is 3.94. The van der Waals surface area contributed by atoms with Crippen LogP contribution in [0.25, 0.3) is 22.8 Å². The van der Waals surface area contributed by atoms with Crippen LogP contribution >= 0.6 is 0 Å². The minimum atomic E-state index is 0.371. The molecule has 132 valence electrons. The summed E-state index contributed by atoms with van der Waals surface area (Å²) in [4.78, 5) is 6.88. The average Bonchev–Trinajstić information content (AvgIpc) is 3.06. The molecule has 26 heavy (non-hydrogen) atoms. The van der Waals surface area contributed by atoms with Gasteiger partial charge in [0.05, 0.1) is 7.11 Å². The fourth-order valence-electron chi connectivity index (χ4n) is 2.79. The number of rotatable bonds is 6. The Balaban J connectivity index is 2.01. The van der Waals surface area contributed by atoms with Crippen molar-refractivity contribution >= 4 is 0 Å². The van der Waals surface area contributed by atoms with E-state index in [0.29, 0.717) is 12.4 Å². The minimum absolute atomic E-state index is 0.371. The van der Waals surface area contributed by atoms with Crippen molar-refractivity contribution in [2.75, 3.05) is 21.2 Å². The zero-order valence-corrected chi connectivity index (χ0v) is 15.3. The summed E-state index contributed by atoms with van der Waals surface area (Å²) in [6.45, 7) is 1.23. The van der Waals surface area contributed by atoms with Crippen molar-refractivity contribution in [1.29, 1.82) is 0 Å². The maximum Gasteiger partial charge on any atom is 0.181 e. The number of methoxy groups -OCH3 is 1. The van der Waals surface area contributed by atoms with E-state index in [9.17, 15) is 0 Å². The number of hydrogen-bond acceptors (Lipinski definition) is 4. The Hall–Kier alpha value is -3.10. The standard InChI is InChI=1S/C21H22N4O/c1-5-13-25-21(18-8-6-7-16(14-18)15-24(2)3)22-20(23-25)17-9-11-19(26-4)12-10-17/h1,6-12,14H,13,15H2,2-4H3. The normalized spacial score (nSPS) is 10.7. The van der Waals surface area contributed by atoms with Gasteiger partial charge in [0.1, 0.15) is 12.3 Å². The molecule has 1 heterocycles. The van der Waals surface area contributed by atoms with Crippen molar-refractivity contribution in [3.8, 4) is 40.9 Å². The van der Waals surface area contributed by atoms with Crippen molar-refractivity contribution in [1.82, 2.24) is 19.7 Å². The first-order chi connectivity index (χ1) is 12.6. The molecule has 5 nitrogen and oxygen atoms in total. The second-order valence-electron chi connectivity index (χ2n) is 6.29. The van der Waals surface area contributed by atoms with Gasteiger partial charge >= 0.3 is 0 Å². The van der Waals surface area contributed by atoms with Crippen LogP contribution in [0.1, 0.15) is 5.56 Å². The van der Waals surface area contributed by atoms with Crippen molar-refractivity contribution < 1.29 is 4.74 Å². The first-order valence-corrected chi connectivity index (χ1v) is 8.37. The maximum atomic E-state index is 5.53. The largest absolute Gasteiger partial charge is 0.497 e. The molecule has 0 bridgehead atoms. The van der Waals surface area contributed by atoms with Gasteiger partial charge in [0.15, 0.2) is 11.6 Å². The first-order valence-electron chi connectivity index (χ1n) is 8.37. The van der Waals surface area contributed by atoms with Crippen LogP contribution in [-0.4, -0.2) is 40.9 Å². The first kappa shape index (κ1) is 17.7. The molecular formula is C21H22N4O.